The number of methoxy groups -OCH3 is 2. The summed E-state index contributed by atoms with van der Waals surface area (Å²) in [7, 11) is 4.72. The van der Waals surface area contributed by atoms with Crippen molar-refractivity contribution in [3.8, 4) is 0 Å². The zero-order valence-electron chi connectivity index (χ0n) is 35.9. The third-order valence-corrected chi connectivity index (χ3v) is 9.86. The molecule has 6 unspecified atom stereocenters. The number of nitrogens with one attached hydrogen (secondary N) is 3. The molecule has 0 spiro atoms. The lowest BCUT2D eigenvalue weighted by Crippen LogP contribution is -2.56. The number of amides is 4. The fraction of sp³-hybridized carbons (Fsp3) is 0.769. The Bertz CT molecular complexity index is 1350. The maximum atomic E-state index is 14.2. The second kappa shape index (κ2) is 26.1. The first-order valence-corrected chi connectivity index (χ1v) is 19.8. The highest BCUT2D eigenvalue weighted by Crippen LogP contribution is 2.30. The number of hydrogen-bond donors (Lipinski definition) is 5. The maximum absolute atomic E-state index is 14.2. The largest absolute Gasteiger partial charge is 0.480 e. The van der Waals surface area contributed by atoms with E-state index >= 15 is 0 Å². The number of nitrogens with zero attached hydrogens (tertiary/aromatic N) is 4. The number of rotatable bonds is 20. The van der Waals surface area contributed by atoms with Crippen LogP contribution in [0.1, 0.15) is 111 Å². The number of carboxylic acid groups (broad SMARTS) is 1. The molecule has 55 heavy (non-hydrogen) atoms. The molecular formula is C39H72N8O8. The van der Waals surface area contributed by atoms with Crippen molar-refractivity contribution in [3.63, 3.8) is 0 Å². The fourth-order valence-corrected chi connectivity index (χ4v) is 6.63. The Labute approximate surface area is 329 Å². The van der Waals surface area contributed by atoms with Gasteiger partial charge in [-0.05, 0) is 38.5 Å². The molecule has 1 aliphatic rings. The average molecular weight is 781 g/mol. The van der Waals surface area contributed by atoms with Gasteiger partial charge in [-0.2, -0.15) is 0 Å². The molecule has 0 saturated carbocycles. The number of carboxylic acids is 1. The molecule has 6 N–H and O–H groups in total. The van der Waals surface area contributed by atoms with Gasteiger partial charge in [0, 0.05) is 47.1 Å². The van der Waals surface area contributed by atoms with E-state index in [1.54, 1.807) is 30.7 Å². The quantitative estimate of drug-likeness (QED) is 0.129. The summed E-state index contributed by atoms with van der Waals surface area (Å²) in [6.45, 7) is 21.7. The van der Waals surface area contributed by atoms with Crippen LogP contribution in [0.15, 0.2) is 6.20 Å². The Balaban J connectivity index is 0.00000704. The predicted molar refractivity (Wildman–Crippen MR) is 214 cm³/mol. The molecule has 0 aromatic carbocycles. The number of anilines is 1. The highest BCUT2D eigenvalue weighted by molar-refractivity contribution is 5.95. The van der Waals surface area contributed by atoms with E-state index in [1.807, 2.05) is 55.4 Å². The average Bonchev–Trinajstić information content (AvgIpc) is 3.66. The van der Waals surface area contributed by atoms with Gasteiger partial charge in [0.05, 0.1) is 47.9 Å². The Morgan fingerprint density at radius 3 is 2.16 bits per heavy atom. The van der Waals surface area contributed by atoms with Gasteiger partial charge >= 0.3 is 5.97 Å². The summed E-state index contributed by atoms with van der Waals surface area (Å²) in [4.78, 5) is 77.0. The number of likely N-dealkylation sites (tertiary alicyclic amines) is 1. The number of aromatic nitrogens is 2. The van der Waals surface area contributed by atoms with Crippen LogP contribution in [-0.2, 0) is 28.7 Å². The standard InChI is InChI=1S/C35H60N8O8.2C2H6/c1-11-20(4)29(42(8)33(47)28(19(2)3)41-35-38-18-24(22(6)40-35)32(46)37-15-14-36)26(50-9)17-27(44)43-16-12-13-25(43)30(51-10)21(5)31(45)39-23(7)34(48)49;2*1-2/h18-21,23,25-26,28-30H,11-17,36H2,1-10H3,(H,37,46)(H,39,45)(H,48,49)(H,38,40,41);2*1-2H3/t20?,21?,23-,25?,26?,28-,29?,30?;;/m0../s1. The number of likely N-dealkylation sites (N-methyl/N-ethyl adjacent to an activating group) is 1. The van der Waals surface area contributed by atoms with Gasteiger partial charge in [-0.3, -0.25) is 24.0 Å². The third kappa shape index (κ3) is 14.6. The van der Waals surface area contributed by atoms with Crippen molar-refractivity contribution >= 4 is 35.5 Å². The Hall–Kier alpha value is -3.89. The van der Waals surface area contributed by atoms with E-state index in [0.29, 0.717) is 50.2 Å². The number of ether oxygens (including phenoxy) is 2. The van der Waals surface area contributed by atoms with E-state index in [-0.39, 0.29) is 41.9 Å². The molecule has 1 fully saturated rings. The monoisotopic (exact) mass is 781 g/mol. The molecule has 1 aliphatic heterocycles. The van der Waals surface area contributed by atoms with E-state index < -0.39 is 54.2 Å². The number of nitrogens with two attached hydrogens (primary N) is 1. The summed E-state index contributed by atoms with van der Waals surface area (Å²) in [5.41, 5.74) is 6.25. The highest BCUT2D eigenvalue weighted by atomic mass is 16.5. The first-order chi connectivity index (χ1) is 26.0. The van der Waals surface area contributed by atoms with E-state index in [1.165, 1.54) is 27.3 Å². The fourth-order valence-electron chi connectivity index (χ4n) is 6.63. The SMILES string of the molecule is CC.CC.CCC(C)C(C(CC(=O)N1CCCC1C(OC)C(C)C(=O)N[C@@H](C)C(=O)O)OC)N(C)C(=O)[C@@H](Nc1ncc(C(=O)NCCN)c(C)n1)C(C)C. The van der Waals surface area contributed by atoms with Crippen LogP contribution in [-0.4, -0.2) is 132 Å². The molecule has 1 saturated heterocycles. The van der Waals surface area contributed by atoms with Crippen molar-refractivity contribution in [2.45, 2.75) is 138 Å². The second-order valence-corrected chi connectivity index (χ2v) is 13.8. The van der Waals surface area contributed by atoms with E-state index in [4.69, 9.17) is 15.2 Å². The summed E-state index contributed by atoms with van der Waals surface area (Å²) in [5, 5.41) is 17.6. The molecule has 8 atom stereocenters. The Morgan fingerprint density at radius 2 is 1.67 bits per heavy atom. The molecular weight excluding hydrogens is 708 g/mol. The molecule has 0 radical (unpaired) electrons. The first kappa shape index (κ1) is 51.1. The van der Waals surface area contributed by atoms with Gasteiger partial charge in [-0.15, -0.1) is 0 Å². The van der Waals surface area contributed by atoms with Gasteiger partial charge in [0.2, 0.25) is 23.7 Å². The van der Waals surface area contributed by atoms with Crippen LogP contribution in [0.25, 0.3) is 0 Å². The van der Waals surface area contributed by atoms with Crippen LogP contribution in [0.4, 0.5) is 5.95 Å². The minimum Gasteiger partial charge on any atom is -0.480 e. The molecule has 0 bridgehead atoms. The molecule has 316 valence electrons. The number of aryl methyl sites for hydroxylation is 1. The minimum atomic E-state index is -1.15. The lowest BCUT2D eigenvalue weighted by Gasteiger charge is -2.40. The maximum Gasteiger partial charge on any atom is 0.325 e. The van der Waals surface area contributed by atoms with Crippen LogP contribution in [0.2, 0.25) is 0 Å². The van der Waals surface area contributed by atoms with Crippen LogP contribution < -0.4 is 21.7 Å². The van der Waals surface area contributed by atoms with Crippen molar-refractivity contribution in [2.75, 3.05) is 46.2 Å². The molecule has 4 amide bonds. The molecule has 1 aromatic rings. The molecule has 1 aromatic heterocycles. The second-order valence-electron chi connectivity index (χ2n) is 13.8. The van der Waals surface area contributed by atoms with Crippen molar-refractivity contribution < 1.29 is 38.6 Å². The van der Waals surface area contributed by atoms with Crippen LogP contribution in [0.3, 0.4) is 0 Å². The van der Waals surface area contributed by atoms with Gasteiger partial charge in [-0.1, -0.05) is 68.7 Å². The number of aliphatic carboxylic acids is 1. The third-order valence-electron chi connectivity index (χ3n) is 9.86. The first-order valence-electron chi connectivity index (χ1n) is 19.8. The predicted octanol–water partition coefficient (Wildman–Crippen LogP) is 3.47. The van der Waals surface area contributed by atoms with Crippen molar-refractivity contribution in [1.29, 1.82) is 0 Å². The van der Waals surface area contributed by atoms with E-state index in [9.17, 15) is 29.1 Å². The molecule has 16 heteroatoms. The van der Waals surface area contributed by atoms with Crippen LogP contribution in [0, 0.1) is 24.7 Å². The van der Waals surface area contributed by atoms with Gasteiger partial charge in [0.25, 0.3) is 5.91 Å². The van der Waals surface area contributed by atoms with Gasteiger partial charge in [0.1, 0.15) is 12.1 Å². The normalized spacial score (nSPS) is 17.5. The van der Waals surface area contributed by atoms with E-state index in [0.717, 1.165) is 0 Å². The lowest BCUT2D eigenvalue weighted by molar-refractivity contribution is -0.147. The van der Waals surface area contributed by atoms with Crippen molar-refractivity contribution in [2.24, 2.45) is 23.5 Å². The minimum absolute atomic E-state index is 0.0115. The molecule has 16 nitrogen and oxygen atoms in total. The smallest absolute Gasteiger partial charge is 0.325 e. The molecule has 0 aliphatic carbocycles. The van der Waals surface area contributed by atoms with Crippen LogP contribution >= 0.6 is 0 Å². The number of carbonyl (C=O) groups is 5. The summed E-state index contributed by atoms with van der Waals surface area (Å²) in [6.07, 6.45) is 2.13. The van der Waals surface area contributed by atoms with Crippen molar-refractivity contribution in [1.82, 2.24) is 30.4 Å². The van der Waals surface area contributed by atoms with E-state index in [2.05, 4.69) is 25.9 Å². The Kier molecular flexibility index (Phi) is 24.2. The highest BCUT2D eigenvalue weighted by Gasteiger charge is 2.43. The summed E-state index contributed by atoms with van der Waals surface area (Å²) < 4.78 is 11.7. The lowest BCUT2D eigenvalue weighted by atomic mass is 9.89. The van der Waals surface area contributed by atoms with Gasteiger partial charge in [-0.25, -0.2) is 9.97 Å². The topological polar surface area (TPSA) is 218 Å². The van der Waals surface area contributed by atoms with Gasteiger partial charge < -0.3 is 46.1 Å². The number of hydrogen-bond acceptors (Lipinski definition) is 11. The summed E-state index contributed by atoms with van der Waals surface area (Å²) >= 11 is 0. The number of carbonyl (C=O) groups excluding carboxylic acids is 4. The zero-order valence-corrected chi connectivity index (χ0v) is 35.9. The van der Waals surface area contributed by atoms with Crippen LogP contribution in [0.5, 0.6) is 0 Å². The molecule has 2 heterocycles. The molecule has 2 rings (SSSR count). The van der Waals surface area contributed by atoms with Crippen molar-refractivity contribution in [3.05, 3.63) is 17.5 Å². The zero-order chi connectivity index (χ0) is 42.6. The summed E-state index contributed by atoms with van der Waals surface area (Å²) in [5.74, 6) is -3.11. The van der Waals surface area contributed by atoms with Gasteiger partial charge in [0.15, 0.2) is 0 Å². The summed E-state index contributed by atoms with van der Waals surface area (Å²) in [6, 6.07) is -2.68. The Morgan fingerprint density at radius 1 is 1.05 bits per heavy atom.